The average molecular weight is 303 g/mol. The van der Waals surface area contributed by atoms with Crippen LogP contribution >= 0.6 is 0 Å². The molecule has 2 rings (SSSR count). The number of nitro groups is 1. The minimum absolute atomic E-state index is 0.127. The Morgan fingerprint density at radius 1 is 1.29 bits per heavy atom. The predicted octanol–water partition coefficient (Wildman–Crippen LogP) is 2.49. The number of rotatable bonds is 4. The number of hydrogen-bond donors (Lipinski definition) is 1. The molecule has 1 fully saturated rings. The summed E-state index contributed by atoms with van der Waals surface area (Å²) in [7, 11) is 0. The fraction of sp³-hybridized carbons (Fsp3) is 0.538. The first-order valence-electron chi connectivity index (χ1n) is 6.63. The van der Waals surface area contributed by atoms with E-state index >= 15 is 0 Å². The van der Waals surface area contributed by atoms with E-state index in [4.69, 9.17) is 0 Å². The second-order valence-corrected chi connectivity index (χ2v) is 4.94. The van der Waals surface area contributed by atoms with Crippen LogP contribution in [0.2, 0.25) is 0 Å². The average Bonchev–Trinajstić information content (AvgIpc) is 2.45. The summed E-state index contributed by atoms with van der Waals surface area (Å²) in [6.07, 6.45) is -5.46. The van der Waals surface area contributed by atoms with Crippen molar-refractivity contribution >= 4 is 5.69 Å². The van der Waals surface area contributed by atoms with E-state index in [-0.39, 0.29) is 11.3 Å². The third-order valence-corrected chi connectivity index (χ3v) is 3.51. The van der Waals surface area contributed by atoms with Crippen LogP contribution in [0.5, 0.6) is 0 Å². The molecule has 0 radical (unpaired) electrons. The second kappa shape index (κ2) is 6.40. The third kappa shape index (κ3) is 4.15. The van der Waals surface area contributed by atoms with E-state index in [1.54, 1.807) is 4.90 Å². The third-order valence-electron chi connectivity index (χ3n) is 3.51. The van der Waals surface area contributed by atoms with Crippen LogP contribution in [-0.2, 0) is 0 Å². The molecule has 0 amide bonds. The molecule has 0 spiro atoms. The number of nitrogens with zero attached hydrogens (tertiary/aromatic N) is 2. The fourth-order valence-corrected chi connectivity index (χ4v) is 2.58. The van der Waals surface area contributed by atoms with Gasteiger partial charge in [-0.25, -0.2) is 0 Å². The summed E-state index contributed by atoms with van der Waals surface area (Å²) in [4.78, 5) is 12.1. The number of nitro benzene ring substituents is 1. The Labute approximate surface area is 119 Å². The lowest BCUT2D eigenvalue weighted by molar-refractivity contribution is -0.386. The van der Waals surface area contributed by atoms with Gasteiger partial charge in [0.15, 0.2) is 0 Å². The van der Waals surface area contributed by atoms with Crippen LogP contribution < -0.4 is 5.32 Å². The molecule has 1 aromatic carbocycles. The van der Waals surface area contributed by atoms with Crippen molar-refractivity contribution < 1.29 is 18.1 Å². The number of halogens is 3. The lowest BCUT2D eigenvalue weighted by Crippen LogP contribution is -2.46. The van der Waals surface area contributed by atoms with E-state index in [1.165, 1.54) is 24.3 Å². The molecule has 8 heteroatoms. The molecule has 1 N–H and O–H groups in total. The van der Waals surface area contributed by atoms with Gasteiger partial charge in [0.25, 0.3) is 5.69 Å². The molecule has 0 unspecified atom stereocenters. The van der Waals surface area contributed by atoms with Crippen molar-refractivity contribution in [1.29, 1.82) is 0 Å². The Morgan fingerprint density at radius 3 is 2.48 bits per heavy atom. The Morgan fingerprint density at radius 2 is 1.90 bits per heavy atom. The van der Waals surface area contributed by atoms with E-state index < -0.39 is 23.6 Å². The predicted molar refractivity (Wildman–Crippen MR) is 71.0 cm³/mol. The topological polar surface area (TPSA) is 58.4 Å². The zero-order valence-corrected chi connectivity index (χ0v) is 11.3. The van der Waals surface area contributed by atoms with Gasteiger partial charge in [0.05, 0.1) is 17.4 Å². The number of benzene rings is 1. The van der Waals surface area contributed by atoms with Gasteiger partial charge in [-0.2, -0.15) is 13.2 Å². The summed E-state index contributed by atoms with van der Waals surface area (Å²) >= 11 is 0. The maximum atomic E-state index is 12.9. The molecular formula is C13H16F3N3O2. The standard InChI is InChI=1S/C13H16F3N3O2/c14-13(15,16)9-12(18-7-5-17-6-8-18)10-3-1-2-4-11(10)19(20)21/h1-4,12,17H,5-9H2/t12-/m1/s1. The fourth-order valence-electron chi connectivity index (χ4n) is 2.58. The highest BCUT2D eigenvalue weighted by atomic mass is 19.4. The number of piperazine rings is 1. The zero-order chi connectivity index (χ0) is 15.5. The number of para-hydroxylation sites is 1. The molecule has 0 bridgehead atoms. The molecule has 5 nitrogen and oxygen atoms in total. The summed E-state index contributed by atoms with van der Waals surface area (Å²) in [5.74, 6) is 0. The molecule has 0 saturated carbocycles. The van der Waals surface area contributed by atoms with Gasteiger partial charge in [-0.1, -0.05) is 18.2 Å². The normalized spacial score (nSPS) is 18.4. The number of hydrogen-bond acceptors (Lipinski definition) is 4. The van der Waals surface area contributed by atoms with Crippen LogP contribution in [0.4, 0.5) is 18.9 Å². The Balaban J connectivity index is 2.36. The molecule has 116 valence electrons. The molecule has 21 heavy (non-hydrogen) atoms. The number of nitrogens with one attached hydrogen (secondary N) is 1. The minimum Gasteiger partial charge on any atom is -0.314 e. The van der Waals surface area contributed by atoms with Crippen molar-refractivity contribution in [2.45, 2.75) is 18.6 Å². The monoisotopic (exact) mass is 303 g/mol. The molecule has 0 aliphatic carbocycles. The molecule has 0 aromatic heterocycles. The molecular weight excluding hydrogens is 287 g/mol. The molecule has 1 aromatic rings. The van der Waals surface area contributed by atoms with E-state index in [9.17, 15) is 23.3 Å². The Kier molecular flexibility index (Phi) is 4.79. The van der Waals surface area contributed by atoms with Crippen molar-refractivity contribution in [1.82, 2.24) is 10.2 Å². The summed E-state index contributed by atoms with van der Waals surface area (Å²) in [5, 5.41) is 14.1. The summed E-state index contributed by atoms with van der Waals surface area (Å²) in [6.45, 7) is 2.03. The van der Waals surface area contributed by atoms with Gasteiger partial charge in [-0.15, -0.1) is 0 Å². The highest BCUT2D eigenvalue weighted by molar-refractivity contribution is 5.42. The first-order chi connectivity index (χ1) is 9.88. The molecule has 1 heterocycles. The smallest absolute Gasteiger partial charge is 0.314 e. The van der Waals surface area contributed by atoms with Gasteiger partial charge in [-0.05, 0) is 0 Å². The van der Waals surface area contributed by atoms with Gasteiger partial charge in [0, 0.05) is 37.8 Å². The maximum absolute atomic E-state index is 12.9. The van der Waals surface area contributed by atoms with Crippen LogP contribution in [0.25, 0.3) is 0 Å². The van der Waals surface area contributed by atoms with Gasteiger partial charge < -0.3 is 5.32 Å². The van der Waals surface area contributed by atoms with Crippen molar-refractivity contribution in [3.63, 3.8) is 0 Å². The highest BCUT2D eigenvalue weighted by Crippen LogP contribution is 2.37. The Hall–Kier alpha value is -1.67. The zero-order valence-electron chi connectivity index (χ0n) is 11.3. The van der Waals surface area contributed by atoms with E-state index in [1.807, 2.05) is 0 Å². The van der Waals surface area contributed by atoms with Crippen molar-refractivity contribution in [2.75, 3.05) is 26.2 Å². The summed E-state index contributed by atoms with van der Waals surface area (Å²) in [5.41, 5.74) is -0.132. The van der Waals surface area contributed by atoms with Gasteiger partial charge in [0.2, 0.25) is 0 Å². The SMILES string of the molecule is O=[N+]([O-])c1ccccc1[C@@H](CC(F)(F)F)N1CCNCC1. The molecule has 1 aliphatic rings. The second-order valence-electron chi connectivity index (χ2n) is 4.94. The molecule has 1 aliphatic heterocycles. The first-order valence-corrected chi connectivity index (χ1v) is 6.63. The number of alkyl halides is 3. The van der Waals surface area contributed by atoms with Crippen molar-refractivity contribution in [2.24, 2.45) is 0 Å². The van der Waals surface area contributed by atoms with Crippen LogP contribution in [-0.4, -0.2) is 42.2 Å². The summed E-state index contributed by atoms with van der Waals surface area (Å²) < 4.78 is 38.6. The van der Waals surface area contributed by atoms with Crippen LogP contribution in [0.15, 0.2) is 24.3 Å². The van der Waals surface area contributed by atoms with Crippen molar-refractivity contribution in [3.8, 4) is 0 Å². The molecule has 1 atom stereocenters. The van der Waals surface area contributed by atoms with Gasteiger partial charge in [0.1, 0.15) is 0 Å². The van der Waals surface area contributed by atoms with Crippen LogP contribution in [0.1, 0.15) is 18.0 Å². The van der Waals surface area contributed by atoms with E-state index in [0.29, 0.717) is 26.2 Å². The largest absolute Gasteiger partial charge is 0.390 e. The minimum atomic E-state index is -4.38. The lowest BCUT2D eigenvalue weighted by Gasteiger charge is -2.35. The van der Waals surface area contributed by atoms with Gasteiger partial charge in [-0.3, -0.25) is 15.0 Å². The Bertz CT molecular complexity index is 502. The van der Waals surface area contributed by atoms with E-state index in [2.05, 4.69) is 5.32 Å². The van der Waals surface area contributed by atoms with Crippen molar-refractivity contribution in [3.05, 3.63) is 39.9 Å². The summed E-state index contributed by atoms with van der Waals surface area (Å²) in [6, 6.07) is 4.64. The van der Waals surface area contributed by atoms with E-state index in [0.717, 1.165) is 0 Å². The highest BCUT2D eigenvalue weighted by Gasteiger charge is 2.38. The van der Waals surface area contributed by atoms with Gasteiger partial charge >= 0.3 is 6.18 Å². The van der Waals surface area contributed by atoms with Crippen LogP contribution in [0, 0.1) is 10.1 Å². The molecule has 1 saturated heterocycles. The van der Waals surface area contributed by atoms with Crippen LogP contribution in [0.3, 0.4) is 0 Å². The lowest BCUT2D eigenvalue weighted by atomic mass is 9.99. The first kappa shape index (κ1) is 15.7. The quantitative estimate of drug-likeness (QED) is 0.686. The maximum Gasteiger partial charge on any atom is 0.390 e.